The van der Waals surface area contributed by atoms with Crippen LogP contribution < -0.4 is 10.5 Å². The van der Waals surface area contributed by atoms with Crippen molar-refractivity contribution in [2.75, 3.05) is 6.54 Å². The Kier molecular flexibility index (Phi) is 5.91. The molecule has 0 atom stereocenters. The maximum atomic E-state index is 11.7. The smallest absolute Gasteiger partial charge is 0.250 e. The Balaban J connectivity index is 0.00000225. The van der Waals surface area contributed by atoms with Gasteiger partial charge in [-0.1, -0.05) is 0 Å². The molecule has 1 rings (SSSR count). The first kappa shape index (κ1) is 16.3. The highest BCUT2D eigenvalue weighted by Gasteiger charge is 2.19. The van der Waals surface area contributed by atoms with E-state index in [9.17, 15) is 8.42 Å². The molecule has 0 amide bonds. The molecule has 0 fully saturated rings. The van der Waals surface area contributed by atoms with E-state index in [-0.39, 0.29) is 19.0 Å². The summed E-state index contributed by atoms with van der Waals surface area (Å²) in [6.07, 6.45) is 0. The number of nitrogens with two attached hydrogens (primary N) is 1. The molecule has 0 radical (unpaired) electrons. The number of hydrogen-bond acceptors (Lipinski definition) is 4. The van der Waals surface area contributed by atoms with Crippen LogP contribution in [0.4, 0.5) is 0 Å². The average Bonchev–Trinajstić information content (AvgIpc) is 2.48. The Labute approximate surface area is 114 Å². The summed E-state index contributed by atoms with van der Waals surface area (Å²) in [5, 5.41) is 0. The maximum Gasteiger partial charge on any atom is 0.250 e. The third kappa shape index (κ3) is 5.11. The number of sulfonamides is 1. The lowest BCUT2D eigenvalue weighted by Gasteiger charge is -2.18. The Morgan fingerprint density at radius 2 is 2.06 bits per heavy atom. The van der Waals surface area contributed by atoms with Crippen LogP contribution in [0, 0.1) is 0 Å². The van der Waals surface area contributed by atoms with Gasteiger partial charge in [0.15, 0.2) is 0 Å². The zero-order chi connectivity index (χ0) is 11.7. The summed E-state index contributed by atoms with van der Waals surface area (Å²) >= 11 is 4.39. The van der Waals surface area contributed by atoms with Crippen LogP contribution in [0.1, 0.15) is 13.8 Å². The lowest BCUT2D eigenvalue weighted by atomic mass is 10.1. The van der Waals surface area contributed by atoms with E-state index in [2.05, 4.69) is 20.7 Å². The van der Waals surface area contributed by atoms with Crippen molar-refractivity contribution in [3.8, 4) is 0 Å². The summed E-state index contributed by atoms with van der Waals surface area (Å²) in [6, 6.07) is 3.26. The molecule has 0 unspecified atom stereocenters. The van der Waals surface area contributed by atoms with Gasteiger partial charge in [-0.3, -0.25) is 0 Å². The highest BCUT2D eigenvalue weighted by molar-refractivity contribution is 9.11. The van der Waals surface area contributed by atoms with Gasteiger partial charge in [0.25, 0.3) is 0 Å². The number of halogens is 2. The van der Waals surface area contributed by atoms with Gasteiger partial charge in [-0.25, -0.2) is 13.1 Å². The molecule has 8 heteroatoms. The molecule has 0 aliphatic heterocycles. The van der Waals surface area contributed by atoms with Crippen LogP contribution in [0.3, 0.4) is 0 Å². The van der Waals surface area contributed by atoms with Crippen LogP contribution in [-0.4, -0.2) is 20.5 Å². The van der Waals surface area contributed by atoms with Crippen LogP contribution >= 0.6 is 39.7 Å². The molecule has 1 aromatic rings. The van der Waals surface area contributed by atoms with Crippen LogP contribution in [0.15, 0.2) is 20.1 Å². The number of rotatable bonds is 4. The largest absolute Gasteiger partial charge is 0.324 e. The molecular weight excluding hydrogens is 336 g/mol. The molecule has 16 heavy (non-hydrogen) atoms. The van der Waals surface area contributed by atoms with E-state index in [1.807, 2.05) is 0 Å². The third-order valence-corrected chi connectivity index (χ3v) is 5.05. The second kappa shape index (κ2) is 5.79. The second-order valence-electron chi connectivity index (χ2n) is 3.87. The van der Waals surface area contributed by atoms with Crippen molar-refractivity contribution in [2.45, 2.75) is 23.6 Å². The molecule has 0 saturated heterocycles. The molecule has 4 nitrogen and oxygen atoms in total. The Morgan fingerprint density at radius 1 is 1.50 bits per heavy atom. The summed E-state index contributed by atoms with van der Waals surface area (Å²) in [6.45, 7) is 3.74. The van der Waals surface area contributed by atoms with Crippen molar-refractivity contribution >= 4 is 49.7 Å². The van der Waals surface area contributed by atoms with Crippen molar-refractivity contribution < 1.29 is 8.42 Å². The minimum atomic E-state index is -3.41. The van der Waals surface area contributed by atoms with E-state index < -0.39 is 15.6 Å². The zero-order valence-electron chi connectivity index (χ0n) is 8.86. The number of thiophene rings is 1. The minimum absolute atomic E-state index is 0. The predicted molar refractivity (Wildman–Crippen MR) is 72.7 cm³/mol. The van der Waals surface area contributed by atoms with Crippen molar-refractivity contribution in [1.82, 2.24) is 4.72 Å². The summed E-state index contributed by atoms with van der Waals surface area (Å²) in [5.41, 5.74) is 5.14. The number of hydrogen-bond donors (Lipinski definition) is 2. The molecule has 0 spiro atoms. The monoisotopic (exact) mass is 348 g/mol. The van der Waals surface area contributed by atoms with Crippen molar-refractivity contribution in [2.24, 2.45) is 5.73 Å². The first-order valence-corrected chi connectivity index (χ1v) is 7.34. The van der Waals surface area contributed by atoms with E-state index in [1.54, 1.807) is 26.0 Å². The molecule has 0 saturated carbocycles. The van der Waals surface area contributed by atoms with E-state index in [0.29, 0.717) is 4.21 Å². The van der Waals surface area contributed by atoms with Gasteiger partial charge in [0.1, 0.15) is 4.21 Å². The molecule has 1 aromatic heterocycles. The van der Waals surface area contributed by atoms with Crippen molar-refractivity contribution in [3.63, 3.8) is 0 Å². The normalized spacial score (nSPS) is 12.2. The van der Waals surface area contributed by atoms with Crippen LogP contribution in [-0.2, 0) is 10.0 Å². The van der Waals surface area contributed by atoms with Crippen molar-refractivity contribution in [1.29, 1.82) is 0 Å². The molecule has 0 aromatic carbocycles. The Morgan fingerprint density at radius 3 is 2.44 bits per heavy atom. The lowest BCUT2D eigenvalue weighted by Crippen LogP contribution is -2.44. The minimum Gasteiger partial charge on any atom is -0.324 e. The molecule has 0 aliphatic carbocycles. The van der Waals surface area contributed by atoms with Gasteiger partial charge < -0.3 is 5.73 Å². The van der Waals surface area contributed by atoms with E-state index in [0.717, 1.165) is 3.79 Å². The Bertz CT molecular complexity index is 439. The van der Waals surface area contributed by atoms with Crippen LogP contribution in [0.2, 0.25) is 0 Å². The maximum absolute atomic E-state index is 11.7. The first-order valence-electron chi connectivity index (χ1n) is 4.25. The topological polar surface area (TPSA) is 72.2 Å². The van der Waals surface area contributed by atoms with Gasteiger partial charge in [0, 0.05) is 12.1 Å². The van der Waals surface area contributed by atoms with Gasteiger partial charge in [0.05, 0.1) is 3.79 Å². The molecule has 0 bridgehead atoms. The zero-order valence-corrected chi connectivity index (χ0v) is 12.9. The number of nitrogens with one attached hydrogen (secondary N) is 1. The molecule has 3 N–H and O–H groups in total. The predicted octanol–water partition coefficient (Wildman–Crippen LogP) is 1.95. The fraction of sp³-hybridized carbons (Fsp3) is 0.500. The first-order chi connectivity index (χ1) is 6.71. The highest BCUT2D eigenvalue weighted by atomic mass is 79.9. The van der Waals surface area contributed by atoms with Gasteiger partial charge in [-0.05, 0) is 41.9 Å². The summed E-state index contributed by atoms with van der Waals surface area (Å²) in [4.78, 5) is 0. The van der Waals surface area contributed by atoms with Gasteiger partial charge >= 0.3 is 0 Å². The SMILES string of the molecule is CC(C)(N)CNS(=O)(=O)c1ccc(Br)s1.Cl. The average molecular weight is 350 g/mol. The van der Waals surface area contributed by atoms with Crippen LogP contribution in [0.25, 0.3) is 0 Å². The lowest BCUT2D eigenvalue weighted by molar-refractivity contribution is 0.498. The molecule has 0 aliphatic rings. The van der Waals surface area contributed by atoms with E-state index >= 15 is 0 Å². The fourth-order valence-corrected chi connectivity index (χ4v) is 4.07. The van der Waals surface area contributed by atoms with E-state index in [1.165, 1.54) is 11.3 Å². The standard InChI is InChI=1S/C8H13BrN2O2S2.ClH/c1-8(2,10)5-11-15(12,13)7-4-3-6(9)14-7;/h3-4,11H,5,10H2,1-2H3;1H. The molecular formula is C8H14BrClN2O2S2. The van der Waals surface area contributed by atoms with E-state index in [4.69, 9.17) is 5.73 Å². The molecule has 1 heterocycles. The van der Waals surface area contributed by atoms with Crippen molar-refractivity contribution in [3.05, 3.63) is 15.9 Å². The van der Waals surface area contributed by atoms with Crippen LogP contribution in [0.5, 0.6) is 0 Å². The fourth-order valence-electron chi connectivity index (χ4n) is 0.794. The Hall–Kier alpha value is 0.340. The van der Waals surface area contributed by atoms with Gasteiger partial charge in [-0.2, -0.15) is 0 Å². The van der Waals surface area contributed by atoms with Gasteiger partial charge in [-0.15, -0.1) is 23.7 Å². The summed E-state index contributed by atoms with van der Waals surface area (Å²) in [5.74, 6) is 0. The highest BCUT2D eigenvalue weighted by Crippen LogP contribution is 2.25. The third-order valence-electron chi connectivity index (χ3n) is 1.53. The second-order valence-corrected chi connectivity index (χ2v) is 8.33. The van der Waals surface area contributed by atoms with Gasteiger partial charge in [0.2, 0.25) is 10.0 Å². The summed E-state index contributed by atoms with van der Waals surface area (Å²) in [7, 11) is -3.41. The molecule has 94 valence electrons. The summed E-state index contributed by atoms with van der Waals surface area (Å²) < 4.78 is 27.0. The quantitative estimate of drug-likeness (QED) is 0.872.